The molecule has 1 aliphatic rings. The standard InChI is InChI=1S/C17H29N3O/c1-4-11-21-16-7-5-15(6-8-16)17(18)13-20-10-9-19(3)14(2)12-20/h5-8,14,17H,4,9-13,18H2,1-3H3. The van der Waals surface area contributed by atoms with Crippen molar-refractivity contribution in [1.29, 1.82) is 0 Å². The molecule has 4 heteroatoms. The molecule has 1 fully saturated rings. The number of hydrogen-bond donors (Lipinski definition) is 1. The van der Waals surface area contributed by atoms with Crippen molar-refractivity contribution in [2.45, 2.75) is 32.4 Å². The molecule has 1 saturated heterocycles. The van der Waals surface area contributed by atoms with Gasteiger partial charge in [-0.05, 0) is 38.1 Å². The number of hydrogen-bond acceptors (Lipinski definition) is 4. The smallest absolute Gasteiger partial charge is 0.119 e. The fraction of sp³-hybridized carbons (Fsp3) is 0.647. The summed E-state index contributed by atoms with van der Waals surface area (Å²) in [5, 5.41) is 0. The Morgan fingerprint density at radius 2 is 2.00 bits per heavy atom. The van der Waals surface area contributed by atoms with Crippen LogP contribution in [0.4, 0.5) is 0 Å². The number of likely N-dealkylation sites (N-methyl/N-ethyl adjacent to an activating group) is 1. The molecule has 0 amide bonds. The van der Waals surface area contributed by atoms with Crippen LogP contribution < -0.4 is 10.5 Å². The summed E-state index contributed by atoms with van der Waals surface area (Å²) >= 11 is 0. The van der Waals surface area contributed by atoms with Crippen LogP contribution in [0.1, 0.15) is 31.9 Å². The summed E-state index contributed by atoms with van der Waals surface area (Å²) < 4.78 is 5.61. The number of nitrogens with two attached hydrogens (primary N) is 1. The first-order chi connectivity index (χ1) is 10.1. The average Bonchev–Trinajstić information content (AvgIpc) is 2.49. The zero-order chi connectivity index (χ0) is 15.2. The van der Waals surface area contributed by atoms with Crippen LogP contribution in [0.5, 0.6) is 5.75 Å². The largest absolute Gasteiger partial charge is 0.494 e. The Morgan fingerprint density at radius 1 is 1.29 bits per heavy atom. The van der Waals surface area contributed by atoms with Gasteiger partial charge >= 0.3 is 0 Å². The molecule has 1 aliphatic heterocycles. The summed E-state index contributed by atoms with van der Waals surface area (Å²) in [7, 11) is 2.19. The molecule has 0 saturated carbocycles. The van der Waals surface area contributed by atoms with E-state index in [1.54, 1.807) is 0 Å². The molecule has 1 heterocycles. The second-order valence-corrected chi connectivity index (χ2v) is 6.11. The van der Waals surface area contributed by atoms with Crippen molar-refractivity contribution >= 4 is 0 Å². The first kappa shape index (κ1) is 16.3. The highest BCUT2D eigenvalue weighted by Gasteiger charge is 2.22. The minimum absolute atomic E-state index is 0.0702. The van der Waals surface area contributed by atoms with Crippen molar-refractivity contribution < 1.29 is 4.74 Å². The van der Waals surface area contributed by atoms with Crippen LogP contribution in [0.3, 0.4) is 0 Å². The van der Waals surface area contributed by atoms with Gasteiger partial charge in [0.25, 0.3) is 0 Å². The first-order valence-electron chi connectivity index (χ1n) is 8.01. The van der Waals surface area contributed by atoms with E-state index < -0.39 is 0 Å². The van der Waals surface area contributed by atoms with Gasteiger partial charge in [-0.25, -0.2) is 0 Å². The van der Waals surface area contributed by atoms with Gasteiger partial charge in [0.05, 0.1) is 6.61 Å². The Balaban J connectivity index is 1.86. The van der Waals surface area contributed by atoms with Crippen molar-refractivity contribution in [3.05, 3.63) is 29.8 Å². The highest BCUT2D eigenvalue weighted by atomic mass is 16.5. The van der Waals surface area contributed by atoms with Crippen molar-refractivity contribution in [2.24, 2.45) is 5.73 Å². The normalized spacial score (nSPS) is 22.2. The lowest BCUT2D eigenvalue weighted by Crippen LogP contribution is -2.51. The second kappa shape index (κ2) is 7.78. The molecule has 0 spiro atoms. The fourth-order valence-corrected chi connectivity index (χ4v) is 2.70. The molecule has 2 atom stereocenters. The Kier molecular flexibility index (Phi) is 6.03. The van der Waals surface area contributed by atoms with Gasteiger partial charge in [0, 0.05) is 38.3 Å². The van der Waals surface area contributed by atoms with Crippen LogP contribution in [-0.2, 0) is 0 Å². The second-order valence-electron chi connectivity index (χ2n) is 6.11. The molecular formula is C17H29N3O. The van der Waals surface area contributed by atoms with Crippen LogP contribution in [0.2, 0.25) is 0 Å². The van der Waals surface area contributed by atoms with Crippen LogP contribution in [0, 0.1) is 0 Å². The molecule has 2 N–H and O–H groups in total. The van der Waals surface area contributed by atoms with Crippen molar-refractivity contribution in [3.8, 4) is 5.75 Å². The van der Waals surface area contributed by atoms with E-state index in [0.717, 1.165) is 45.0 Å². The summed E-state index contributed by atoms with van der Waals surface area (Å²) in [6.45, 7) is 9.41. The summed E-state index contributed by atoms with van der Waals surface area (Å²) in [5.74, 6) is 0.931. The topological polar surface area (TPSA) is 41.7 Å². The third-order valence-electron chi connectivity index (χ3n) is 4.28. The van der Waals surface area contributed by atoms with Gasteiger partial charge in [0.2, 0.25) is 0 Å². The summed E-state index contributed by atoms with van der Waals surface area (Å²) in [6.07, 6.45) is 1.03. The van der Waals surface area contributed by atoms with Gasteiger partial charge in [-0.15, -0.1) is 0 Å². The molecule has 1 aromatic carbocycles. The zero-order valence-electron chi connectivity index (χ0n) is 13.6. The predicted molar refractivity (Wildman–Crippen MR) is 87.7 cm³/mol. The maximum absolute atomic E-state index is 6.36. The predicted octanol–water partition coefficient (Wildman–Crippen LogP) is 2.11. The molecule has 0 radical (unpaired) electrons. The van der Waals surface area contributed by atoms with E-state index in [2.05, 4.69) is 42.8 Å². The molecule has 2 unspecified atom stereocenters. The van der Waals surface area contributed by atoms with Gasteiger partial charge in [-0.3, -0.25) is 4.90 Å². The van der Waals surface area contributed by atoms with E-state index in [-0.39, 0.29) is 6.04 Å². The lowest BCUT2D eigenvalue weighted by Gasteiger charge is -2.38. The molecule has 0 bridgehead atoms. The number of rotatable bonds is 6. The summed E-state index contributed by atoms with van der Waals surface area (Å²) in [6, 6.07) is 8.91. The first-order valence-corrected chi connectivity index (χ1v) is 8.01. The van der Waals surface area contributed by atoms with Gasteiger partial charge in [-0.2, -0.15) is 0 Å². The molecule has 1 aromatic rings. The fourth-order valence-electron chi connectivity index (χ4n) is 2.70. The molecular weight excluding hydrogens is 262 g/mol. The van der Waals surface area contributed by atoms with Gasteiger partial charge in [-0.1, -0.05) is 19.1 Å². The van der Waals surface area contributed by atoms with E-state index in [9.17, 15) is 0 Å². The minimum Gasteiger partial charge on any atom is -0.494 e. The highest BCUT2D eigenvalue weighted by Crippen LogP contribution is 2.18. The Labute approximate surface area is 128 Å². The van der Waals surface area contributed by atoms with Crippen molar-refractivity contribution in [3.63, 3.8) is 0 Å². The lowest BCUT2D eigenvalue weighted by atomic mass is 10.1. The van der Waals surface area contributed by atoms with Crippen LogP contribution in [-0.4, -0.2) is 55.7 Å². The molecule has 0 aromatic heterocycles. The summed E-state index contributed by atoms with van der Waals surface area (Å²) in [4.78, 5) is 4.87. The van der Waals surface area contributed by atoms with Crippen LogP contribution in [0.25, 0.3) is 0 Å². The van der Waals surface area contributed by atoms with Crippen molar-refractivity contribution in [1.82, 2.24) is 9.80 Å². The Bertz CT molecular complexity index is 421. The van der Waals surface area contributed by atoms with Crippen LogP contribution in [0.15, 0.2) is 24.3 Å². The molecule has 4 nitrogen and oxygen atoms in total. The molecule has 0 aliphatic carbocycles. The van der Waals surface area contributed by atoms with Gasteiger partial charge < -0.3 is 15.4 Å². The van der Waals surface area contributed by atoms with Crippen LogP contribution >= 0.6 is 0 Å². The van der Waals surface area contributed by atoms with E-state index in [1.165, 1.54) is 5.56 Å². The number of ether oxygens (including phenoxy) is 1. The van der Waals surface area contributed by atoms with E-state index in [0.29, 0.717) is 6.04 Å². The molecule has 2 rings (SSSR count). The Morgan fingerprint density at radius 3 is 2.62 bits per heavy atom. The number of benzene rings is 1. The van der Waals surface area contributed by atoms with E-state index >= 15 is 0 Å². The van der Waals surface area contributed by atoms with Crippen molar-refractivity contribution in [2.75, 3.05) is 39.8 Å². The van der Waals surface area contributed by atoms with Gasteiger partial charge in [0.15, 0.2) is 0 Å². The maximum Gasteiger partial charge on any atom is 0.119 e. The van der Waals surface area contributed by atoms with E-state index in [1.807, 2.05) is 12.1 Å². The Hall–Kier alpha value is -1.10. The molecule has 21 heavy (non-hydrogen) atoms. The number of piperazine rings is 1. The SMILES string of the molecule is CCCOc1ccc(C(N)CN2CCN(C)C(C)C2)cc1. The lowest BCUT2D eigenvalue weighted by molar-refractivity contribution is 0.100. The third kappa shape index (κ3) is 4.70. The monoisotopic (exact) mass is 291 g/mol. The maximum atomic E-state index is 6.36. The van der Waals surface area contributed by atoms with E-state index in [4.69, 9.17) is 10.5 Å². The highest BCUT2D eigenvalue weighted by molar-refractivity contribution is 5.29. The minimum atomic E-state index is 0.0702. The molecule has 118 valence electrons. The summed E-state index contributed by atoms with van der Waals surface area (Å²) in [5.41, 5.74) is 7.55. The zero-order valence-corrected chi connectivity index (χ0v) is 13.6. The van der Waals surface area contributed by atoms with Gasteiger partial charge in [0.1, 0.15) is 5.75 Å². The average molecular weight is 291 g/mol. The quantitative estimate of drug-likeness (QED) is 0.871. The number of nitrogens with zero attached hydrogens (tertiary/aromatic N) is 2. The third-order valence-corrected chi connectivity index (χ3v) is 4.28.